The maximum atomic E-state index is 12.0. The summed E-state index contributed by atoms with van der Waals surface area (Å²) in [5.74, 6) is -0.455. The van der Waals surface area contributed by atoms with Gasteiger partial charge in [0.15, 0.2) is 27.9 Å². The second kappa shape index (κ2) is 8.97. The third-order valence-corrected chi connectivity index (χ3v) is 8.20. The first kappa shape index (κ1) is 23.6. The second-order valence-corrected chi connectivity index (χ2v) is 11.3. The van der Waals surface area contributed by atoms with E-state index in [-0.39, 0.29) is 12.1 Å². The van der Waals surface area contributed by atoms with Crippen LogP contribution >= 0.6 is 11.8 Å². The number of fused-ring (bicyclic) bond motifs is 2. The van der Waals surface area contributed by atoms with Crippen molar-refractivity contribution in [3.63, 3.8) is 0 Å². The second-order valence-electron chi connectivity index (χ2n) is 10.2. The van der Waals surface area contributed by atoms with Crippen LogP contribution in [0.15, 0.2) is 35.5 Å². The highest BCUT2D eigenvalue weighted by Crippen LogP contribution is 2.48. The molecule has 0 spiro atoms. The van der Waals surface area contributed by atoms with E-state index in [9.17, 15) is 9.90 Å². The van der Waals surface area contributed by atoms with E-state index in [1.165, 1.54) is 5.56 Å². The first-order valence-electron chi connectivity index (χ1n) is 12.5. The van der Waals surface area contributed by atoms with Crippen LogP contribution in [-0.2, 0) is 14.3 Å². The van der Waals surface area contributed by atoms with Crippen LogP contribution in [0, 0.1) is 5.92 Å². The van der Waals surface area contributed by atoms with Crippen molar-refractivity contribution >= 4 is 34.7 Å². The first-order chi connectivity index (χ1) is 17.3. The van der Waals surface area contributed by atoms with Crippen molar-refractivity contribution in [2.75, 3.05) is 11.1 Å². The zero-order valence-electron chi connectivity index (χ0n) is 20.5. The van der Waals surface area contributed by atoms with Gasteiger partial charge in [0.25, 0.3) is 0 Å². The van der Waals surface area contributed by atoms with Gasteiger partial charge in [0.2, 0.25) is 0 Å². The van der Waals surface area contributed by atoms with Crippen molar-refractivity contribution in [1.29, 1.82) is 0 Å². The van der Waals surface area contributed by atoms with Gasteiger partial charge in [-0.3, -0.25) is 4.79 Å². The lowest BCUT2D eigenvalue weighted by Gasteiger charge is -2.22. The highest BCUT2D eigenvalue weighted by Gasteiger charge is 2.57. The molecule has 10 nitrogen and oxygen atoms in total. The first-order valence-corrected chi connectivity index (χ1v) is 13.5. The van der Waals surface area contributed by atoms with Crippen LogP contribution in [0.1, 0.15) is 57.6 Å². The molecule has 6 atom stereocenters. The van der Waals surface area contributed by atoms with Crippen LogP contribution in [0.2, 0.25) is 0 Å². The van der Waals surface area contributed by atoms with Crippen LogP contribution in [0.3, 0.4) is 0 Å². The summed E-state index contributed by atoms with van der Waals surface area (Å²) in [6, 6.07) is 10.4. The number of nitrogens with one attached hydrogen (secondary N) is 1. The fourth-order valence-corrected chi connectivity index (χ4v) is 6.12. The largest absolute Gasteiger partial charge is 0.481 e. The lowest BCUT2D eigenvalue weighted by Crippen LogP contribution is -2.30. The van der Waals surface area contributed by atoms with E-state index in [0.29, 0.717) is 34.5 Å². The standard InChI is InChI=1S/C25H30N6O4S/c1-4-10-36-24-27-21(26-16-11-14(16)13-8-6-5-7-9-13)18-22(28-24)31(30-29-18)17-12-15(23(32)33)19-20(17)35-25(2,3)34-19/h5-9,14-17,19-20H,4,10-12H2,1-3H3,(H,32,33)(H,26,27,28). The molecule has 2 saturated carbocycles. The molecule has 0 radical (unpaired) electrons. The van der Waals surface area contributed by atoms with Gasteiger partial charge in [-0.1, -0.05) is 54.2 Å². The summed E-state index contributed by atoms with van der Waals surface area (Å²) in [7, 11) is 0. The number of carboxylic acid groups (broad SMARTS) is 1. The molecule has 3 aromatic rings. The molecular formula is C25H30N6O4S. The number of anilines is 1. The zero-order valence-corrected chi connectivity index (χ0v) is 21.3. The molecule has 2 N–H and O–H groups in total. The van der Waals surface area contributed by atoms with Crippen LogP contribution < -0.4 is 5.32 Å². The van der Waals surface area contributed by atoms with Crippen LogP contribution in [0.5, 0.6) is 0 Å². The SMILES string of the molecule is CCCSc1nc(NC2CC2c2ccccc2)c2nnn(C3CC(C(=O)O)C4OC(C)(C)OC43)c2n1. The average Bonchev–Trinajstić information content (AvgIpc) is 3.17. The van der Waals surface area contributed by atoms with Crippen LogP contribution in [0.4, 0.5) is 5.82 Å². The molecule has 2 aliphatic carbocycles. The number of ether oxygens (including phenoxy) is 2. The lowest BCUT2D eigenvalue weighted by molar-refractivity contribution is -0.168. The summed E-state index contributed by atoms with van der Waals surface area (Å²) in [5.41, 5.74) is 2.48. The molecular weight excluding hydrogens is 480 g/mol. The maximum absolute atomic E-state index is 12.0. The molecule has 6 rings (SSSR count). The van der Waals surface area contributed by atoms with Crippen LogP contribution in [-0.4, -0.2) is 65.8 Å². The Kier molecular flexibility index (Phi) is 5.88. The summed E-state index contributed by atoms with van der Waals surface area (Å²) in [4.78, 5) is 21.6. The number of thioether (sulfide) groups is 1. The Morgan fingerprint density at radius 2 is 1.97 bits per heavy atom. The molecule has 36 heavy (non-hydrogen) atoms. The predicted octanol–water partition coefficient (Wildman–Crippen LogP) is 3.86. The van der Waals surface area contributed by atoms with Gasteiger partial charge in [0.1, 0.15) is 12.2 Å². The molecule has 1 aromatic carbocycles. The molecule has 3 fully saturated rings. The van der Waals surface area contributed by atoms with Crippen molar-refractivity contribution in [2.24, 2.45) is 5.92 Å². The van der Waals surface area contributed by atoms with Gasteiger partial charge >= 0.3 is 5.97 Å². The zero-order chi connectivity index (χ0) is 25.0. The number of benzene rings is 1. The van der Waals surface area contributed by atoms with Gasteiger partial charge in [-0.2, -0.15) is 0 Å². The molecule has 3 aliphatic rings. The Morgan fingerprint density at radius 3 is 2.72 bits per heavy atom. The van der Waals surface area contributed by atoms with Gasteiger partial charge in [0, 0.05) is 17.7 Å². The third-order valence-electron chi connectivity index (χ3n) is 7.14. The average molecular weight is 511 g/mol. The molecule has 1 saturated heterocycles. The fourth-order valence-electron chi connectivity index (χ4n) is 5.43. The smallest absolute Gasteiger partial charge is 0.309 e. The van der Waals surface area contributed by atoms with Gasteiger partial charge in [-0.15, -0.1) is 5.10 Å². The minimum absolute atomic E-state index is 0.263. The number of carbonyl (C=O) groups is 1. The maximum Gasteiger partial charge on any atom is 0.309 e. The summed E-state index contributed by atoms with van der Waals surface area (Å²) in [5, 5.41) is 23.0. The Bertz CT molecular complexity index is 1280. The summed E-state index contributed by atoms with van der Waals surface area (Å²) < 4.78 is 13.9. The molecule has 1 aliphatic heterocycles. The van der Waals surface area contributed by atoms with E-state index < -0.39 is 29.9 Å². The number of nitrogens with zero attached hydrogens (tertiary/aromatic N) is 5. The number of carboxylic acids is 1. The van der Waals surface area contributed by atoms with Gasteiger partial charge in [-0.25, -0.2) is 14.6 Å². The number of hydrogen-bond acceptors (Lipinski definition) is 9. The quantitative estimate of drug-likeness (QED) is 0.341. The minimum atomic E-state index is -0.893. The molecule has 190 valence electrons. The normalized spacial score (nSPS) is 30.4. The molecule has 6 unspecified atom stereocenters. The Balaban J connectivity index is 1.35. The van der Waals surface area contributed by atoms with Gasteiger partial charge in [0.05, 0.1) is 12.0 Å². The highest BCUT2D eigenvalue weighted by atomic mass is 32.2. The number of rotatable bonds is 8. The van der Waals surface area contributed by atoms with Crippen molar-refractivity contribution < 1.29 is 19.4 Å². The molecule has 0 amide bonds. The summed E-state index contributed by atoms with van der Waals surface area (Å²) in [6.45, 7) is 5.74. The lowest BCUT2D eigenvalue weighted by atomic mass is 10.1. The van der Waals surface area contributed by atoms with E-state index in [1.54, 1.807) is 16.4 Å². The number of hydrogen-bond donors (Lipinski definition) is 2. The van der Waals surface area contributed by atoms with Crippen molar-refractivity contribution in [3.05, 3.63) is 35.9 Å². The van der Waals surface area contributed by atoms with Crippen molar-refractivity contribution in [3.8, 4) is 0 Å². The van der Waals surface area contributed by atoms with E-state index >= 15 is 0 Å². The van der Waals surface area contributed by atoms with E-state index in [2.05, 4.69) is 46.8 Å². The summed E-state index contributed by atoms with van der Waals surface area (Å²) in [6.07, 6.45) is 1.36. The third kappa shape index (κ3) is 4.22. The van der Waals surface area contributed by atoms with E-state index in [4.69, 9.17) is 19.4 Å². The van der Waals surface area contributed by atoms with E-state index in [1.807, 2.05) is 19.9 Å². The van der Waals surface area contributed by atoms with Crippen molar-refractivity contribution in [2.45, 2.75) is 81.2 Å². The van der Waals surface area contributed by atoms with Crippen LogP contribution in [0.25, 0.3) is 11.2 Å². The van der Waals surface area contributed by atoms with E-state index in [0.717, 1.165) is 18.6 Å². The predicted molar refractivity (Wildman–Crippen MR) is 134 cm³/mol. The molecule has 11 heteroatoms. The Hall–Kier alpha value is -2.76. The van der Waals surface area contributed by atoms with Gasteiger partial charge in [-0.05, 0) is 38.7 Å². The van der Waals surface area contributed by atoms with Gasteiger partial charge < -0.3 is 19.9 Å². The molecule has 2 aromatic heterocycles. The highest BCUT2D eigenvalue weighted by molar-refractivity contribution is 7.99. The topological polar surface area (TPSA) is 124 Å². The molecule has 0 bridgehead atoms. The number of aromatic nitrogens is 5. The number of aliphatic carboxylic acids is 1. The minimum Gasteiger partial charge on any atom is -0.481 e. The molecule has 3 heterocycles. The fraction of sp³-hybridized carbons (Fsp3) is 0.560. The summed E-state index contributed by atoms with van der Waals surface area (Å²) >= 11 is 1.59. The monoisotopic (exact) mass is 510 g/mol. The van der Waals surface area contributed by atoms with Crippen molar-refractivity contribution in [1.82, 2.24) is 25.0 Å². The Labute approximate surface area is 213 Å². The Morgan fingerprint density at radius 1 is 1.19 bits per heavy atom.